The third-order valence-electron chi connectivity index (χ3n) is 3.25. The Balaban J connectivity index is 2.29. The van der Waals surface area contributed by atoms with Crippen molar-refractivity contribution in [3.63, 3.8) is 0 Å². The highest BCUT2D eigenvalue weighted by atomic mass is 35.7. The van der Waals surface area contributed by atoms with Gasteiger partial charge in [0.05, 0.1) is 12.0 Å². The van der Waals surface area contributed by atoms with Crippen LogP contribution >= 0.6 is 10.7 Å². The predicted octanol–water partition coefficient (Wildman–Crippen LogP) is 2.72. The van der Waals surface area contributed by atoms with Crippen LogP contribution in [-0.4, -0.2) is 27.6 Å². The van der Waals surface area contributed by atoms with Crippen LogP contribution in [0, 0.1) is 0 Å². The Bertz CT molecular complexity index is 605. The van der Waals surface area contributed by atoms with Crippen LogP contribution in [0.5, 0.6) is 5.75 Å². The summed E-state index contributed by atoms with van der Waals surface area (Å²) < 4.78 is 33.1. The van der Waals surface area contributed by atoms with Crippen molar-refractivity contribution in [2.75, 3.05) is 7.11 Å². The van der Waals surface area contributed by atoms with Crippen molar-refractivity contribution in [2.45, 2.75) is 36.7 Å². The first-order valence-electron chi connectivity index (χ1n) is 6.25. The monoisotopic (exact) mass is 318 g/mol. The second-order valence-corrected chi connectivity index (χ2v) is 7.18. The van der Waals surface area contributed by atoms with Crippen LogP contribution < -0.4 is 4.74 Å². The lowest BCUT2D eigenvalue weighted by Crippen LogP contribution is -2.16. The largest absolute Gasteiger partial charge is 0.496 e. The third-order valence-corrected chi connectivity index (χ3v) is 4.60. The zero-order chi connectivity index (χ0) is 14.8. The van der Waals surface area contributed by atoms with Crippen molar-refractivity contribution in [3.8, 4) is 5.75 Å². The van der Waals surface area contributed by atoms with Crippen LogP contribution in [0.1, 0.15) is 36.0 Å². The summed E-state index contributed by atoms with van der Waals surface area (Å²) in [5, 5.41) is 0. The zero-order valence-electron chi connectivity index (χ0n) is 11.0. The Kier molecular flexibility index (Phi) is 4.55. The van der Waals surface area contributed by atoms with E-state index in [2.05, 4.69) is 0 Å². The number of halogens is 1. The van der Waals surface area contributed by atoms with Crippen LogP contribution in [0.4, 0.5) is 0 Å². The minimum Gasteiger partial charge on any atom is -0.496 e. The number of methoxy groups -OCH3 is 1. The van der Waals surface area contributed by atoms with E-state index >= 15 is 0 Å². The second-order valence-electron chi connectivity index (χ2n) is 4.61. The summed E-state index contributed by atoms with van der Waals surface area (Å²) in [5.74, 6) is -0.326. The average molecular weight is 319 g/mol. The molecule has 0 amide bonds. The summed E-state index contributed by atoms with van der Waals surface area (Å²) in [4.78, 5) is 12.0. The van der Waals surface area contributed by atoms with Crippen LogP contribution in [0.3, 0.4) is 0 Å². The van der Waals surface area contributed by atoms with E-state index in [0.29, 0.717) is 0 Å². The van der Waals surface area contributed by atoms with E-state index in [1.165, 1.54) is 25.3 Å². The molecule has 20 heavy (non-hydrogen) atoms. The van der Waals surface area contributed by atoms with E-state index in [1.807, 2.05) is 0 Å². The van der Waals surface area contributed by atoms with Crippen LogP contribution in [0.25, 0.3) is 0 Å². The van der Waals surface area contributed by atoms with Crippen molar-refractivity contribution in [1.29, 1.82) is 0 Å². The Labute approximate surface area is 122 Å². The molecule has 110 valence electrons. The fourth-order valence-electron chi connectivity index (χ4n) is 2.22. The molecule has 7 heteroatoms. The molecule has 1 aliphatic carbocycles. The van der Waals surface area contributed by atoms with E-state index in [9.17, 15) is 13.2 Å². The summed E-state index contributed by atoms with van der Waals surface area (Å²) in [6.07, 6.45) is 3.63. The zero-order valence-corrected chi connectivity index (χ0v) is 12.5. The topological polar surface area (TPSA) is 69.7 Å². The van der Waals surface area contributed by atoms with Gasteiger partial charge < -0.3 is 9.47 Å². The molecule has 1 saturated carbocycles. The van der Waals surface area contributed by atoms with Gasteiger partial charge in [0.1, 0.15) is 17.4 Å². The molecule has 5 nitrogen and oxygen atoms in total. The maximum atomic E-state index is 12.1. The molecule has 0 aliphatic heterocycles. The Morgan fingerprint density at radius 2 is 1.95 bits per heavy atom. The van der Waals surface area contributed by atoms with Crippen molar-refractivity contribution in [2.24, 2.45) is 0 Å². The lowest BCUT2D eigenvalue weighted by atomic mass is 10.2. The molecule has 0 saturated heterocycles. The number of rotatable bonds is 4. The smallest absolute Gasteiger partial charge is 0.342 e. The SMILES string of the molecule is COc1ccc(S(=O)(=O)Cl)cc1C(=O)OC1CCCC1. The van der Waals surface area contributed by atoms with Crippen LogP contribution in [0.2, 0.25) is 0 Å². The molecule has 0 bridgehead atoms. The molecule has 1 fully saturated rings. The van der Waals surface area contributed by atoms with Gasteiger partial charge in [-0.3, -0.25) is 0 Å². The Morgan fingerprint density at radius 3 is 2.50 bits per heavy atom. The minimum absolute atomic E-state index is 0.0705. The number of ether oxygens (including phenoxy) is 2. The first kappa shape index (κ1) is 15.1. The summed E-state index contributed by atoms with van der Waals surface area (Å²) in [6, 6.07) is 3.85. The lowest BCUT2D eigenvalue weighted by Gasteiger charge is -2.13. The summed E-state index contributed by atoms with van der Waals surface area (Å²) in [5.41, 5.74) is 0.0705. The fourth-order valence-corrected chi connectivity index (χ4v) is 3.00. The molecule has 0 spiro atoms. The van der Waals surface area contributed by atoms with E-state index in [4.69, 9.17) is 20.2 Å². The minimum atomic E-state index is -3.90. The molecular formula is C13H15ClO5S. The lowest BCUT2D eigenvalue weighted by molar-refractivity contribution is 0.0314. The summed E-state index contributed by atoms with van der Waals surface area (Å²) in [6.45, 7) is 0. The molecular weight excluding hydrogens is 304 g/mol. The average Bonchev–Trinajstić information content (AvgIpc) is 2.89. The van der Waals surface area contributed by atoms with Crippen LogP contribution in [-0.2, 0) is 13.8 Å². The van der Waals surface area contributed by atoms with Crippen LogP contribution in [0.15, 0.2) is 23.1 Å². The molecule has 0 unspecified atom stereocenters. The molecule has 0 atom stereocenters. The van der Waals surface area contributed by atoms with Gasteiger partial charge in [-0.15, -0.1) is 0 Å². The molecule has 1 aromatic carbocycles. The maximum absolute atomic E-state index is 12.1. The molecule has 1 aliphatic rings. The number of hydrogen-bond donors (Lipinski definition) is 0. The van der Waals surface area contributed by atoms with Gasteiger partial charge in [0.2, 0.25) is 0 Å². The molecule has 0 heterocycles. The first-order chi connectivity index (χ1) is 9.41. The highest BCUT2D eigenvalue weighted by Gasteiger charge is 2.24. The number of hydrogen-bond acceptors (Lipinski definition) is 5. The highest BCUT2D eigenvalue weighted by Crippen LogP contribution is 2.27. The van der Waals surface area contributed by atoms with Crippen molar-refractivity contribution >= 4 is 25.7 Å². The molecule has 0 aromatic heterocycles. The van der Waals surface area contributed by atoms with Gasteiger partial charge in [-0.25, -0.2) is 13.2 Å². The van der Waals surface area contributed by atoms with Gasteiger partial charge in [0.25, 0.3) is 9.05 Å². The van der Waals surface area contributed by atoms with E-state index in [0.717, 1.165) is 25.7 Å². The van der Waals surface area contributed by atoms with Gasteiger partial charge in [0, 0.05) is 10.7 Å². The number of esters is 1. The number of carbonyl (C=O) groups excluding carboxylic acids is 1. The molecule has 2 rings (SSSR count). The number of benzene rings is 1. The third kappa shape index (κ3) is 3.43. The van der Waals surface area contributed by atoms with E-state index in [-0.39, 0.29) is 22.3 Å². The Hall–Kier alpha value is -1.27. The summed E-state index contributed by atoms with van der Waals surface area (Å²) >= 11 is 0. The van der Waals surface area contributed by atoms with E-state index in [1.54, 1.807) is 0 Å². The quantitative estimate of drug-likeness (QED) is 0.630. The van der Waals surface area contributed by atoms with Crippen molar-refractivity contribution in [3.05, 3.63) is 23.8 Å². The van der Waals surface area contributed by atoms with Crippen molar-refractivity contribution < 1.29 is 22.7 Å². The molecule has 0 N–H and O–H groups in total. The Morgan fingerprint density at radius 1 is 1.30 bits per heavy atom. The van der Waals surface area contributed by atoms with Gasteiger partial charge >= 0.3 is 5.97 Å². The normalized spacial score (nSPS) is 16.1. The molecule has 0 radical (unpaired) electrons. The predicted molar refractivity (Wildman–Crippen MR) is 73.7 cm³/mol. The summed E-state index contributed by atoms with van der Waals surface area (Å²) in [7, 11) is 2.78. The number of carbonyl (C=O) groups is 1. The fraction of sp³-hybridized carbons (Fsp3) is 0.462. The first-order valence-corrected chi connectivity index (χ1v) is 8.56. The second kappa shape index (κ2) is 6.01. The standard InChI is InChI=1S/C13H15ClO5S/c1-18-12-7-6-10(20(14,16)17)8-11(12)13(15)19-9-4-2-3-5-9/h6-9H,2-5H2,1H3. The van der Waals surface area contributed by atoms with Gasteiger partial charge in [-0.1, -0.05) is 0 Å². The van der Waals surface area contributed by atoms with Gasteiger partial charge in [-0.2, -0.15) is 0 Å². The van der Waals surface area contributed by atoms with E-state index < -0.39 is 15.0 Å². The molecule has 1 aromatic rings. The van der Waals surface area contributed by atoms with Gasteiger partial charge in [0.15, 0.2) is 0 Å². The van der Waals surface area contributed by atoms with Gasteiger partial charge in [-0.05, 0) is 43.9 Å². The maximum Gasteiger partial charge on any atom is 0.342 e. The van der Waals surface area contributed by atoms with Crippen molar-refractivity contribution in [1.82, 2.24) is 0 Å². The highest BCUT2D eigenvalue weighted by molar-refractivity contribution is 8.13.